The summed E-state index contributed by atoms with van der Waals surface area (Å²) < 4.78 is 4.52. The van der Waals surface area contributed by atoms with Gasteiger partial charge in [0.15, 0.2) is 0 Å². The van der Waals surface area contributed by atoms with Crippen LogP contribution in [0.1, 0.15) is 46.0 Å². The molecule has 0 aromatic rings. The largest absolute Gasteiger partial charge is 0.453 e. The number of carbonyl (C=O) groups excluding carboxylic acids is 2. The molecule has 1 rings (SSSR count). The number of amides is 2. The van der Waals surface area contributed by atoms with Crippen LogP contribution in [0.4, 0.5) is 4.79 Å². The highest BCUT2D eigenvalue weighted by Crippen LogP contribution is 2.27. The first-order valence-corrected chi connectivity index (χ1v) is 7.22. The molecule has 0 radical (unpaired) electrons. The number of rotatable bonds is 5. The minimum Gasteiger partial charge on any atom is -0.453 e. The fourth-order valence-corrected chi connectivity index (χ4v) is 2.47. The zero-order chi connectivity index (χ0) is 15.2. The van der Waals surface area contributed by atoms with Gasteiger partial charge in [0.2, 0.25) is 5.91 Å². The molecule has 0 aliphatic heterocycles. The highest BCUT2D eigenvalue weighted by molar-refractivity contribution is 5.85. The Balaban J connectivity index is 2.51. The number of hydrogen-bond donors (Lipinski definition) is 3. The first-order chi connectivity index (χ1) is 9.38. The van der Waals surface area contributed by atoms with Crippen LogP contribution in [-0.2, 0) is 9.53 Å². The van der Waals surface area contributed by atoms with E-state index in [0.717, 1.165) is 19.3 Å². The molecule has 1 atom stereocenters. The maximum atomic E-state index is 12.1. The zero-order valence-electron chi connectivity index (χ0n) is 12.6. The van der Waals surface area contributed by atoms with E-state index in [2.05, 4.69) is 15.4 Å². The summed E-state index contributed by atoms with van der Waals surface area (Å²) in [5, 5.41) is 15.6. The Morgan fingerprint density at radius 3 is 2.35 bits per heavy atom. The van der Waals surface area contributed by atoms with Crippen LogP contribution < -0.4 is 10.6 Å². The van der Waals surface area contributed by atoms with Crippen LogP contribution in [0, 0.1) is 5.92 Å². The van der Waals surface area contributed by atoms with Crippen molar-refractivity contribution >= 4 is 12.0 Å². The first kappa shape index (κ1) is 16.8. The molecule has 20 heavy (non-hydrogen) atoms. The van der Waals surface area contributed by atoms with Crippen molar-refractivity contribution in [3.05, 3.63) is 0 Å². The quantitative estimate of drug-likeness (QED) is 0.708. The van der Waals surface area contributed by atoms with Crippen LogP contribution in [0.25, 0.3) is 0 Å². The molecule has 1 saturated carbocycles. The van der Waals surface area contributed by atoms with Crippen LogP contribution in [-0.4, -0.2) is 42.4 Å². The van der Waals surface area contributed by atoms with Crippen LogP contribution in [0.15, 0.2) is 0 Å². The van der Waals surface area contributed by atoms with Crippen LogP contribution in [0.2, 0.25) is 0 Å². The Morgan fingerprint density at radius 2 is 1.85 bits per heavy atom. The molecule has 6 nitrogen and oxygen atoms in total. The molecule has 1 aliphatic rings. The van der Waals surface area contributed by atoms with Gasteiger partial charge in [-0.25, -0.2) is 4.79 Å². The molecule has 6 heteroatoms. The summed E-state index contributed by atoms with van der Waals surface area (Å²) in [5.74, 6) is -0.348. The van der Waals surface area contributed by atoms with E-state index in [4.69, 9.17) is 0 Å². The third kappa shape index (κ3) is 5.00. The minimum atomic E-state index is -0.805. The maximum absolute atomic E-state index is 12.1. The molecule has 0 aromatic heterocycles. The second kappa shape index (κ2) is 7.47. The average molecular weight is 286 g/mol. The number of carbonyl (C=O) groups is 2. The first-order valence-electron chi connectivity index (χ1n) is 7.22. The second-order valence-electron chi connectivity index (χ2n) is 5.86. The Labute approximate surface area is 120 Å². The molecule has 116 valence electrons. The fraction of sp³-hybridized carbons (Fsp3) is 0.857. The molecular formula is C14H26N2O4. The van der Waals surface area contributed by atoms with Gasteiger partial charge in [-0.05, 0) is 18.8 Å². The summed E-state index contributed by atoms with van der Waals surface area (Å²) >= 11 is 0. The number of ether oxygens (including phenoxy) is 1. The van der Waals surface area contributed by atoms with Crippen molar-refractivity contribution in [3.8, 4) is 0 Å². The molecule has 1 unspecified atom stereocenters. The SMILES string of the molecule is COC(=O)NC(C(=O)NCC1(O)CCCCC1)C(C)C. The van der Waals surface area contributed by atoms with E-state index in [9.17, 15) is 14.7 Å². The lowest BCUT2D eigenvalue weighted by molar-refractivity contribution is -0.125. The number of hydrogen-bond acceptors (Lipinski definition) is 4. The van der Waals surface area contributed by atoms with Crippen LogP contribution in [0.3, 0.4) is 0 Å². The van der Waals surface area contributed by atoms with E-state index in [1.54, 1.807) is 0 Å². The van der Waals surface area contributed by atoms with Crippen LogP contribution >= 0.6 is 0 Å². The molecular weight excluding hydrogens is 260 g/mol. The van der Waals surface area contributed by atoms with E-state index >= 15 is 0 Å². The van der Waals surface area contributed by atoms with Crippen molar-refractivity contribution in [2.75, 3.05) is 13.7 Å². The standard InChI is InChI=1S/C14H26N2O4/c1-10(2)11(16-13(18)20-3)12(17)15-9-14(19)7-5-4-6-8-14/h10-11,19H,4-9H2,1-3H3,(H,15,17)(H,16,18). The van der Waals surface area contributed by atoms with Crippen molar-refractivity contribution in [1.29, 1.82) is 0 Å². The summed E-state index contributed by atoms with van der Waals surface area (Å²) in [6.45, 7) is 3.92. The van der Waals surface area contributed by atoms with E-state index in [1.165, 1.54) is 7.11 Å². The summed E-state index contributed by atoms with van der Waals surface area (Å²) in [4.78, 5) is 23.4. The van der Waals surface area contributed by atoms with E-state index < -0.39 is 17.7 Å². The Hall–Kier alpha value is -1.30. The summed E-state index contributed by atoms with van der Waals surface area (Å²) in [5.41, 5.74) is -0.805. The molecule has 0 heterocycles. The van der Waals surface area contributed by atoms with Gasteiger partial charge >= 0.3 is 6.09 Å². The highest BCUT2D eigenvalue weighted by atomic mass is 16.5. The summed E-state index contributed by atoms with van der Waals surface area (Å²) in [6.07, 6.45) is 3.90. The summed E-state index contributed by atoms with van der Waals surface area (Å²) in [7, 11) is 1.26. The Bertz CT molecular complexity index is 338. The smallest absolute Gasteiger partial charge is 0.407 e. The van der Waals surface area contributed by atoms with Gasteiger partial charge in [-0.15, -0.1) is 0 Å². The van der Waals surface area contributed by atoms with Crippen LogP contribution in [0.5, 0.6) is 0 Å². The lowest BCUT2D eigenvalue weighted by atomic mass is 9.85. The van der Waals surface area contributed by atoms with Crippen molar-refractivity contribution in [2.45, 2.75) is 57.6 Å². The van der Waals surface area contributed by atoms with Crippen molar-refractivity contribution in [3.63, 3.8) is 0 Å². The number of alkyl carbamates (subject to hydrolysis) is 1. The van der Waals surface area contributed by atoms with E-state index in [1.807, 2.05) is 13.8 Å². The number of methoxy groups -OCH3 is 1. The van der Waals surface area contributed by atoms with Crippen molar-refractivity contribution in [1.82, 2.24) is 10.6 Å². The predicted molar refractivity (Wildman–Crippen MR) is 75.2 cm³/mol. The van der Waals surface area contributed by atoms with E-state index in [0.29, 0.717) is 12.8 Å². The molecule has 1 aliphatic carbocycles. The summed E-state index contributed by atoms with van der Waals surface area (Å²) in [6, 6.07) is -0.658. The third-order valence-corrected chi connectivity index (χ3v) is 3.78. The van der Waals surface area contributed by atoms with Gasteiger partial charge < -0.3 is 20.5 Å². The van der Waals surface area contributed by atoms with Gasteiger partial charge in [0.25, 0.3) is 0 Å². The topological polar surface area (TPSA) is 87.7 Å². The molecule has 0 bridgehead atoms. The lowest BCUT2D eigenvalue weighted by Crippen LogP contribution is -2.53. The molecule has 0 saturated heterocycles. The molecule has 0 spiro atoms. The second-order valence-corrected chi connectivity index (χ2v) is 5.86. The predicted octanol–water partition coefficient (Wildman–Crippen LogP) is 1.18. The Kier molecular flexibility index (Phi) is 6.26. The van der Waals surface area contributed by atoms with Gasteiger partial charge in [-0.1, -0.05) is 33.1 Å². The highest BCUT2D eigenvalue weighted by Gasteiger charge is 2.31. The minimum absolute atomic E-state index is 0.0601. The normalized spacial score (nSPS) is 19.2. The van der Waals surface area contributed by atoms with Gasteiger partial charge in [-0.2, -0.15) is 0 Å². The molecule has 2 amide bonds. The lowest BCUT2D eigenvalue weighted by Gasteiger charge is -2.33. The van der Waals surface area contributed by atoms with E-state index in [-0.39, 0.29) is 18.4 Å². The molecule has 1 fully saturated rings. The third-order valence-electron chi connectivity index (χ3n) is 3.78. The Morgan fingerprint density at radius 1 is 1.25 bits per heavy atom. The van der Waals surface area contributed by atoms with Gasteiger partial charge in [0, 0.05) is 6.54 Å². The maximum Gasteiger partial charge on any atom is 0.407 e. The van der Waals surface area contributed by atoms with Crippen molar-refractivity contribution in [2.24, 2.45) is 5.92 Å². The van der Waals surface area contributed by atoms with Crippen molar-refractivity contribution < 1.29 is 19.4 Å². The van der Waals surface area contributed by atoms with Gasteiger partial charge in [0.05, 0.1) is 12.7 Å². The molecule has 0 aromatic carbocycles. The number of nitrogens with one attached hydrogen (secondary N) is 2. The number of aliphatic hydroxyl groups is 1. The fourth-order valence-electron chi connectivity index (χ4n) is 2.47. The van der Waals surface area contributed by atoms with Gasteiger partial charge in [0.1, 0.15) is 6.04 Å². The zero-order valence-corrected chi connectivity index (χ0v) is 12.6. The average Bonchev–Trinajstić information content (AvgIpc) is 2.42. The monoisotopic (exact) mass is 286 g/mol. The molecule has 3 N–H and O–H groups in total. The van der Waals surface area contributed by atoms with Gasteiger partial charge in [-0.3, -0.25) is 4.79 Å².